The molecule has 1 amide bonds. The second kappa shape index (κ2) is 6.67. The molecule has 1 aromatic rings. The highest BCUT2D eigenvalue weighted by Gasteiger charge is 2.52. The highest BCUT2D eigenvalue weighted by molar-refractivity contribution is 6.61. The van der Waals surface area contributed by atoms with E-state index in [1.165, 1.54) is 4.90 Å². The van der Waals surface area contributed by atoms with Crippen molar-refractivity contribution >= 4 is 18.7 Å². The average Bonchev–Trinajstić information content (AvgIpc) is 3.05. The van der Waals surface area contributed by atoms with Gasteiger partial charge in [-0.1, -0.05) is 0 Å². The molecule has 0 bridgehead atoms. The van der Waals surface area contributed by atoms with Crippen molar-refractivity contribution in [2.24, 2.45) is 0 Å². The Balaban J connectivity index is 1.70. The van der Waals surface area contributed by atoms with Crippen molar-refractivity contribution in [1.82, 2.24) is 14.9 Å². The first-order valence-corrected chi connectivity index (χ1v) is 9.61. The molecule has 2 aliphatic heterocycles. The molecular weight excluding hydrogens is 361 g/mol. The topological polar surface area (TPSA) is 94.0 Å². The van der Waals surface area contributed by atoms with Crippen LogP contribution in [0.4, 0.5) is 4.79 Å². The smallest absolute Gasteiger partial charge is 0.444 e. The van der Waals surface area contributed by atoms with Crippen molar-refractivity contribution in [2.75, 3.05) is 13.1 Å². The molecule has 2 saturated heterocycles. The summed E-state index contributed by atoms with van der Waals surface area (Å²) in [7, 11) is -0.560. The van der Waals surface area contributed by atoms with E-state index in [-0.39, 0.29) is 12.4 Å². The molecule has 0 radical (unpaired) electrons. The fraction of sp³-hybridized carbons (Fsp3) is 0.737. The van der Waals surface area contributed by atoms with E-state index in [0.29, 0.717) is 18.4 Å². The van der Waals surface area contributed by atoms with Gasteiger partial charge in [-0.25, -0.2) is 14.8 Å². The Morgan fingerprint density at radius 2 is 1.71 bits per heavy atom. The van der Waals surface area contributed by atoms with Crippen LogP contribution in [-0.4, -0.2) is 63.1 Å². The van der Waals surface area contributed by atoms with Crippen molar-refractivity contribution in [3.8, 4) is 0 Å². The monoisotopic (exact) mass is 391 g/mol. The molecule has 0 aromatic carbocycles. The zero-order chi connectivity index (χ0) is 21.0. The minimum absolute atomic E-state index is 0.0950. The number of nitrogens with zero attached hydrogens (tertiary/aromatic N) is 3. The van der Waals surface area contributed by atoms with Crippen LogP contribution in [0.5, 0.6) is 0 Å². The molecule has 1 atom stereocenters. The van der Waals surface area contributed by atoms with Crippen LogP contribution in [0.25, 0.3) is 0 Å². The zero-order valence-corrected chi connectivity index (χ0v) is 17.8. The molecular formula is C19H30BN3O5. The first-order valence-electron chi connectivity index (χ1n) is 9.61. The van der Waals surface area contributed by atoms with Crippen molar-refractivity contribution in [3.63, 3.8) is 0 Å². The van der Waals surface area contributed by atoms with Gasteiger partial charge in [0.05, 0.1) is 17.7 Å². The predicted octanol–water partition coefficient (Wildman–Crippen LogP) is 1.60. The van der Waals surface area contributed by atoms with Crippen LogP contribution in [0.3, 0.4) is 0 Å². The van der Waals surface area contributed by atoms with Gasteiger partial charge < -0.3 is 24.1 Å². The number of carbonyl (C=O) groups excluding carboxylic acids is 1. The molecule has 2 fully saturated rings. The van der Waals surface area contributed by atoms with E-state index in [9.17, 15) is 9.90 Å². The lowest BCUT2D eigenvalue weighted by Gasteiger charge is -2.32. The van der Waals surface area contributed by atoms with Crippen molar-refractivity contribution in [1.29, 1.82) is 0 Å². The molecule has 0 spiro atoms. The third kappa shape index (κ3) is 4.02. The van der Waals surface area contributed by atoms with Gasteiger partial charge in [0.2, 0.25) is 0 Å². The third-order valence-electron chi connectivity index (χ3n) is 5.51. The summed E-state index contributed by atoms with van der Waals surface area (Å²) in [5.74, 6) is 0.277. The Bertz CT molecular complexity index is 731. The normalized spacial score (nSPS) is 26.6. The maximum absolute atomic E-state index is 12.2. The van der Waals surface area contributed by atoms with Crippen LogP contribution in [-0.2, 0) is 19.6 Å². The summed E-state index contributed by atoms with van der Waals surface area (Å²) in [6.45, 7) is 13.8. The van der Waals surface area contributed by atoms with E-state index in [1.807, 2.05) is 48.5 Å². The highest BCUT2D eigenvalue weighted by Crippen LogP contribution is 2.36. The number of hydrogen-bond donors (Lipinski definition) is 1. The number of ether oxygens (including phenoxy) is 1. The largest absolute Gasteiger partial charge is 0.498 e. The Hall–Kier alpha value is -1.71. The SMILES string of the molecule is CC(C)(C)OC(=O)N1CCC(O)(c2ncc(B3OC(C)(C)C(C)(C)O3)cn2)C1. The van der Waals surface area contributed by atoms with Gasteiger partial charge in [0.1, 0.15) is 11.2 Å². The lowest BCUT2D eigenvalue weighted by atomic mass is 9.81. The molecule has 1 aromatic heterocycles. The van der Waals surface area contributed by atoms with E-state index >= 15 is 0 Å². The minimum atomic E-state index is -1.30. The van der Waals surface area contributed by atoms with Crippen molar-refractivity contribution in [2.45, 2.75) is 77.3 Å². The Kier molecular flexibility index (Phi) is 5.01. The summed E-state index contributed by atoms with van der Waals surface area (Å²) in [6.07, 6.45) is 3.12. The molecule has 0 aliphatic carbocycles. The number of likely N-dealkylation sites (tertiary alicyclic amines) is 1. The lowest BCUT2D eigenvalue weighted by Crippen LogP contribution is -2.41. The summed E-state index contributed by atoms with van der Waals surface area (Å²) in [5.41, 5.74) is -2.10. The van der Waals surface area contributed by atoms with Gasteiger partial charge in [0, 0.05) is 30.8 Å². The molecule has 154 valence electrons. The van der Waals surface area contributed by atoms with E-state index in [4.69, 9.17) is 14.0 Å². The minimum Gasteiger partial charge on any atom is -0.444 e. The molecule has 8 nitrogen and oxygen atoms in total. The molecule has 1 unspecified atom stereocenters. The Morgan fingerprint density at radius 3 is 2.21 bits per heavy atom. The quantitative estimate of drug-likeness (QED) is 0.766. The summed E-state index contributed by atoms with van der Waals surface area (Å²) in [4.78, 5) is 22.4. The van der Waals surface area contributed by atoms with Crippen LogP contribution < -0.4 is 5.46 Å². The fourth-order valence-corrected chi connectivity index (χ4v) is 3.14. The molecule has 1 N–H and O–H groups in total. The molecule has 28 heavy (non-hydrogen) atoms. The van der Waals surface area contributed by atoms with Crippen molar-refractivity contribution < 1.29 is 23.9 Å². The molecule has 3 rings (SSSR count). The second-order valence-electron chi connectivity index (χ2n) is 9.61. The Morgan fingerprint density at radius 1 is 1.18 bits per heavy atom. The Labute approximate surface area is 166 Å². The van der Waals surface area contributed by atoms with Gasteiger partial charge in [-0.15, -0.1) is 0 Å². The van der Waals surface area contributed by atoms with Crippen LogP contribution in [0.15, 0.2) is 12.4 Å². The van der Waals surface area contributed by atoms with Gasteiger partial charge in [-0.2, -0.15) is 0 Å². The number of β-amino-alcohol motifs (C(OH)–C–C–N with tert-alkyl or cyclic N) is 1. The number of carbonyl (C=O) groups is 1. The first kappa shape index (κ1) is 21.0. The van der Waals surface area contributed by atoms with Gasteiger partial charge in [0.25, 0.3) is 0 Å². The summed E-state index contributed by atoms with van der Waals surface area (Å²) >= 11 is 0. The van der Waals surface area contributed by atoms with Crippen LogP contribution >= 0.6 is 0 Å². The van der Waals surface area contributed by atoms with Gasteiger partial charge in [-0.05, 0) is 48.5 Å². The zero-order valence-electron chi connectivity index (χ0n) is 17.8. The molecule has 0 saturated carbocycles. The molecule has 9 heteroatoms. The molecule has 2 aliphatic rings. The van der Waals surface area contributed by atoms with Gasteiger partial charge in [0.15, 0.2) is 5.82 Å². The van der Waals surface area contributed by atoms with Crippen LogP contribution in [0.1, 0.15) is 60.7 Å². The number of hydrogen-bond acceptors (Lipinski definition) is 7. The summed E-state index contributed by atoms with van der Waals surface area (Å²) in [5, 5.41) is 11.0. The van der Waals surface area contributed by atoms with Crippen molar-refractivity contribution in [3.05, 3.63) is 18.2 Å². The van der Waals surface area contributed by atoms with E-state index in [1.54, 1.807) is 12.4 Å². The maximum Gasteiger partial charge on any atom is 0.498 e. The number of aromatic nitrogens is 2. The second-order valence-corrected chi connectivity index (χ2v) is 9.61. The maximum atomic E-state index is 12.2. The summed E-state index contributed by atoms with van der Waals surface area (Å²) < 4.78 is 17.4. The van der Waals surface area contributed by atoms with Crippen LogP contribution in [0.2, 0.25) is 0 Å². The third-order valence-corrected chi connectivity index (χ3v) is 5.51. The fourth-order valence-electron chi connectivity index (χ4n) is 3.14. The lowest BCUT2D eigenvalue weighted by molar-refractivity contribution is 0.00578. The standard InChI is InChI=1S/C19H30BN3O5/c1-16(2,3)26-15(24)23-9-8-19(25,12-23)14-21-10-13(11-22-14)20-27-17(4,5)18(6,7)28-20/h10-11,25H,8-9,12H2,1-7H3. The van der Waals surface area contributed by atoms with E-state index in [2.05, 4.69) is 9.97 Å². The first-order chi connectivity index (χ1) is 12.7. The average molecular weight is 391 g/mol. The highest BCUT2D eigenvalue weighted by atomic mass is 16.7. The predicted molar refractivity (Wildman–Crippen MR) is 104 cm³/mol. The molecule has 3 heterocycles. The summed E-state index contributed by atoms with van der Waals surface area (Å²) in [6, 6.07) is 0. The van der Waals surface area contributed by atoms with E-state index in [0.717, 1.165) is 0 Å². The van der Waals surface area contributed by atoms with Gasteiger partial charge >= 0.3 is 13.2 Å². The number of aliphatic hydroxyl groups is 1. The van der Waals surface area contributed by atoms with Gasteiger partial charge in [-0.3, -0.25) is 0 Å². The number of rotatable bonds is 2. The number of amides is 1. The van der Waals surface area contributed by atoms with Crippen LogP contribution in [0, 0.1) is 0 Å². The van der Waals surface area contributed by atoms with E-state index < -0.39 is 35.6 Å².